The van der Waals surface area contributed by atoms with Gasteiger partial charge in [0.15, 0.2) is 0 Å². The van der Waals surface area contributed by atoms with Crippen LogP contribution >= 0.6 is 0 Å². The minimum atomic E-state index is -0.557. The Kier molecular flexibility index (Phi) is 5.11. The maximum Gasteiger partial charge on any atom is 0.228 e. The highest BCUT2D eigenvalue weighted by molar-refractivity contribution is 5.97. The summed E-state index contributed by atoms with van der Waals surface area (Å²) in [5.41, 5.74) is 2.75. The largest absolute Gasteiger partial charge is 0.323 e. The van der Waals surface area contributed by atoms with Crippen molar-refractivity contribution >= 4 is 34.6 Å². The third kappa shape index (κ3) is 4.35. The van der Waals surface area contributed by atoms with E-state index >= 15 is 0 Å². The fourth-order valence-electron chi connectivity index (χ4n) is 2.91. The van der Waals surface area contributed by atoms with Gasteiger partial charge in [-0.1, -0.05) is 18.2 Å². The standard InChI is InChI=1S/C22H16F2N4O/c23-16-4-1-14(2-5-16)3-6-19-17-12-21(18(24)13-20(17)28-27-19)26-22(29)11-15-7-9-25-10-8-15/h1-10,12-13H,11H2,(H,26,29)(H,27,28)/b6-3+. The van der Waals surface area contributed by atoms with Crippen molar-refractivity contribution in [3.63, 3.8) is 0 Å². The molecule has 0 saturated heterocycles. The Morgan fingerprint density at radius 1 is 1.03 bits per heavy atom. The molecule has 29 heavy (non-hydrogen) atoms. The van der Waals surface area contributed by atoms with E-state index in [1.54, 1.807) is 54.9 Å². The van der Waals surface area contributed by atoms with Crippen LogP contribution in [0.4, 0.5) is 14.5 Å². The maximum atomic E-state index is 14.4. The number of carbonyl (C=O) groups excluding carboxylic acids is 1. The zero-order valence-electron chi connectivity index (χ0n) is 15.2. The number of hydrogen-bond donors (Lipinski definition) is 2. The number of halogens is 2. The molecule has 0 aliphatic carbocycles. The van der Waals surface area contributed by atoms with Gasteiger partial charge in [0.05, 0.1) is 23.3 Å². The SMILES string of the molecule is O=C(Cc1ccncc1)Nc1cc2c(/C=C/c3ccc(F)cc3)n[nH]c2cc1F. The van der Waals surface area contributed by atoms with Crippen molar-refractivity contribution in [3.05, 3.63) is 89.4 Å². The first kappa shape index (κ1) is 18.5. The highest BCUT2D eigenvalue weighted by atomic mass is 19.1. The second-order valence-corrected chi connectivity index (χ2v) is 6.45. The predicted octanol–water partition coefficient (Wildman–Crippen LogP) is 4.59. The van der Waals surface area contributed by atoms with Gasteiger partial charge in [0, 0.05) is 23.8 Å². The second-order valence-electron chi connectivity index (χ2n) is 6.45. The molecule has 5 nitrogen and oxygen atoms in total. The molecule has 7 heteroatoms. The van der Waals surface area contributed by atoms with E-state index < -0.39 is 5.82 Å². The van der Waals surface area contributed by atoms with Crippen LogP contribution in [-0.2, 0) is 11.2 Å². The highest BCUT2D eigenvalue weighted by Crippen LogP contribution is 2.25. The number of benzene rings is 2. The van der Waals surface area contributed by atoms with Gasteiger partial charge in [-0.25, -0.2) is 8.78 Å². The minimum Gasteiger partial charge on any atom is -0.323 e. The molecule has 2 N–H and O–H groups in total. The molecule has 1 amide bonds. The number of nitrogens with zero attached hydrogens (tertiary/aromatic N) is 2. The molecule has 2 aromatic heterocycles. The molecule has 0 radical (unpaired) electrons. The first-order valence-corrected chi connectivity index (χ1v) is 8.88. The number of hydrogen-bond acceptors (Lipinski definition) is 3. The lowest BCUT2D eigenvalue weighted by atomic mass is 10.1. The average molecular weight is 390 g/mol. The van der Waals surface area contributed by atoms with Crippen LogP contribution in [0.15, 0.2) is 60.9 Å². The molecule has 0 atom stereocenters. The van der Waals surface area contributed by atoms with E-state index in [4.69, 9.17) is 0 Å². The summed E-state index contributed by atoms with van der Waals surface area (Å²) >= 11 is 0. The van der Waals surface area contributed by atoms with Crippen molar-refractivity contribution in [2.24, 2.45) is 0 Å². The van der Waals surface area contributed by atoms with Crippen LogP contribution in [-0.4, -0.2) is 21.1 Å². The molecule has 0 aliphatic rings. The summed E-state index contributed by atoms with van der Waals surface area (Å²) in [6.07, 6.45) is 6.83. The lowest BCUT2D eigenvalue weighted by Gasteiger charge is -2.07. The molecule has 0 saturated carbocycles. The summed E-state index contributed by atoms with van der Waals surface area (Å²) < 4.78 is 27.4. The van der Waals surface area contributed by atoms with Crippen molar-refractivity contribution in [2.75, 3.05) is 5.32 Å². The molecule has 144 valence electrons. The molecule has 0 fully saturated rings. The quantitative estimate of drug-likeness (QED) is 0.524. The van der Waals surface area contributed by atoms with Gasteiger partial charge in [0.1, 0.15) is 11.6 Å². The Morgan fingerprint density at radius 3 is 2.55 bits per heavy atom. The van der Waals surface area contributed by atoms with Crippen LogP contribution in [0.25, 0.3) is 23.1 Å². The molecule has 0 aliphatic heterocycles. The van der Waals surface area contributed by atoms with Gasteiger partial charge in [-0.3, -0.25) is 14.9 Å². The van der Waals surface area contributed by atoms with Crippen LogP contribution in [0.3, 0.4) is 0 Å². The van der Waals surface area contributed by atoms with Gasteiger partial charge in [0.2, 0.25) is 5.91 Å². The highest BCUT2D eigenvalue weighted by Gasteiger charge is 2.12. The first-order chi connectivity index (χ1) is 14.1. The Balaban J connectivity index is 1.57. The van der Waals surface area contributed by atoms with Crippen molar-refractivity contribution in [2.45, 2.75) is 6.42 Å². The monoisotopic (exact) mass is 390 g/mol. The number of aromatic nitrogens is 3. The third-order valence-electron chi connectivity index (χ3n) is 4.37. The van der Waals surface area contributed by atoms with E-state index in [-0.39, 0.29) is 23.8 Å². The number of aromatic amines is 1. The normalized spacial score (nSPS) is 11.2. The summed E-state index contributed by atoms with van der Waals surface area (Å²) in [5, 5.41) is 10.2. The molecule has 4 rings (SSSR count). The molecule has 0 bridgehead atoms. The number of pyridine rings is 1. The fourth-order valence-corrected chi connectivity index (χ4v) is 2.91. The fraction of sp³-hybridized carbons (Fsp3) is 0.0455. The van der Waals surface area contributed by atoms with Gasteiger partial charge in [0.25, 0.3) is 0 Å². The van der Waals surface area contributed by atoms with Crippen molar-refractivity contribution in [1.82, 2.24) is 15.2 Å². The number of H-pyrrole nitrogens is 1. The summed E-state index contributed by atoms with van der Waals surface area (Å²) in [4.78, 5) is 16.2. The lowest BCUT2D eigenvalue weighted by molar-refractivity contribution is -0.115. The maximum absolute atomic E-state index is 14.4. The van der Waals surface area contributed by atoms with Crippen LogP contribution in [0.1, 0.15) is 16.8 Å². The molecular formula is C22H16F2N4O. The Hall–Kier alpha value is -3.87. The van der Waals surface area contributed by atoms with Gasteiger partial charge in [-0.05, 0) is 47.5 Å². The summed E-state index contributed by atoms with van der Waals surface area (Å²) in [6.45, 7) is 0. The molecule has 4 aromatic rings. The van der Waals surface area contributed by atoms with Crippen molar-refractivity contribution in [1.29, 1.82) is 0 Å². The van der Waals surface area contributed by atoms with Crippen LogP contribution < -0.4 is 5.32 Å². The Bertz CT molecular complexity index is 1180. The van der Waals surface area contributed by atoms with E-state index in [0.717, 1.165) is 11.1 Å². The second kappa shape index (κ2) is 8.02. The molecular weight excluding hydrogens is 374 g/mol. The summed E-state index contributed by atoms with van der Waals surface area (Å²) in [6, 6.07) is 12.3. The number of anilines is 1. The van der Waals surface area contributed by atoms with E-state index in [0.29, 0.717) is 16.6 Å². The number of rotatable bonds is 5. The van der Waals surface area contributed by atoms with Gasteiger partial charge in [-0.2, -0.15) is 5.10 Å². The van der Waals surface area contributed by atoms with E-state index in [1.165, 1.54) is 18.2 Å². The Morgan fingerprint density at radius 2 is 1.79 bits per heavy atom. The Labute approximate surface area is 165 Å². The third-order valence-corrected chi connectivity index (χ3v) is 4.37. The van der Waals surface area contributed by atoms with E-state index in [9.17, 15) is 13.6 Å². The summed E-state index contributed by atoms with van der Waals surface area (Å²) in [7, 11) is 0. The molecule has 2 heterocycles. The molecule has 2 aromatic carbocycles. The average Bonchev–Trinajstić information content (AvgIpc) is 3.10. The lowest BCUT2D eigenvalue weighted by Crippen LogP contribution is -2.15. The molecule has 0 spiro atoms. The number of nitrogens with one attached hydrogen (secondary N) is 2. The van der Waals surface area contributed by atoms with Crippen molar-refractivity contribution < 1.29 is 13.6 Å². The topological polar surface area (TPSA) is 70.7 Å². The zero-order valence-corrected chi connectivity index (χ0v) is 15.2. The number of fused-ring (bicyclic) bond motifs is 1. The van der Waals surface area contributed by atoms with Crippen LogP contribution in [0.2, 0.25) is 0 Å². The number of amides is 1. The van der Waals surface area contributed by atoms with Crippen LogP contribution in [0, 0.1) is 11.6 Å². The number of carbonyl (C=O) groups is 1. The van der Waals surface area contributed by atoms with E-state index in [2.05, 4.69) is 20.5 Å². The first-order valence-electron chi connectivity index (χ1n) is 8.88. The van der Waals surface area contributed by atoms with Crippen molar-refractivity contribution in [3.8, 4) is 0 Å². The summed E-state index contributed by atoms with van der Waals surface area (Å²) in [5.74, 6) is -1.20. The smallest absolute Gasteiger partial charge is 0.228 e. The zero-order chi connectivity index (χ0) is 20.2. The van der Waals surface area contributed by atoms with Gasteiger partial charge < -0.3 is 5.32 Å². The predicted molar refractivity (Wildman–Crippen MR) is 108 cm³/mol. The minimum absolute atomic E-state index is 0.0781. The van der Waals surface area contributed by atoms with Gasteiger partial charge in [-0.15, -0.1) is 0 Å². The van der Waals surface area contributed by atoms with Gasteiger partial charge >= 0.3 is 0 Å². The molecule has 0 unspecified atom stereocenters. The van der Waals surface area contributed by atoms with Crippen LogP contribution in [0.5, 0.6) is 0 Å². The van der Waals surface area contributed by atoms with E-state index in [1.807, 2.05) is 0 Å².